The Kier molecular flexibility index (Phi) is 5.55. The molecule has 1 aliphatic rings. The van der Waals surface area contributed by atoms with Gasteiger partial charge in [0.15, 0.2) is 0 Å². The number of nitrogens with two attached hydrogens (primary N) is 1. The Morgan fingerprint density at radius 3 is 2.69 bits per heavy atom. The van der Waals surface area contributed by atoms with Gasteiger partial charge in [-0.05, 0) is 72.7 Å². The summed E-state index contributed by atoms with van der Waals surface area (Å²) in [5, 5.41) is 1.08. The molecule has 2 N–H and O–H groups in total. The van der Waals surface area contributed by atoms with Gasteiger partial charge in [-0.25, -0.2) is 4.98 Å². The number of anilines is 1. The van der Waals surface area contributed by atoms with E-state index in [1.807, 2.05) is 12.3 Å². The summed E-state index contributed by atoms with van der Waals surface area (Å²) in [6.45, 7) is 2.14. The summed E-state index contributed by atoms with van der Waals surface area (Å²) < 4.78 is 0. The highest BCUT2D eigenvalue weighted by atomic mass is 14.8. The molecule has 1 unspecified atom stereocenters. The van der Waals surface area contributed by atoms with Gasteiger partial charge in [0.1, 0.15) is 5.82 Å². The van der Waals surface area contributed by atoms with Crippen LogP contribution in [0.25, 0.3) is 34.2 Å². The molecule has 2 heterocycles. The van der Waals surface area contributed by atoms with Crippen molar-refractivity contribution in [2.75, 3.05) is 5.73 Å². The maximum absolute atomic E-state index is 6.32. The minimum atomic E-state index is 0.383. The minimum absolute atomic E-state index is 0.383. The number of hydrogen-bond donors (Lipinski definition) is 1. The molecule has 32 heavy (non-hydrogen) atoms. The molecular weight excluding hydrogens is 390 g/mol. The van der Waals surface area contributed by atoms with Crippen molar-refractivity contribution in [3.8, 4) is 11.1 Å². The van der Waals surface area contributed by atoms with Gasteiger partial charge >= 0.3 is 0 Å². The van der Waals surface area contributed by atoms with Crippen LogP contribution in [0, 0.1) is 6.92 Å². The SMILES string of the molecule is Cc1ccccc1-c1ccc2nc(N)c(C=Cc3cccnc3C3C=CCCC3)cc2c1. The van der Waals surface area contributed by atoms with E-state index < -0.39 is 0 Å². The Labute approximate surface area is 189 Å². The van der Waals surface area contributed by atoms with E-state index in [0.29, 0.717) is 11.7 Å². The number of hydrogen-bond acceptors (Lipinski definition) is 3. The number of pyridine rings is 2. The molecule has 0 bridgehead atoms. The summed E-state index contributed by atoms with van der Waals surface area (Å²) in [5.74, 6) is 0.925. The van der Waals surface area contributed by atoms with E-state index in [1.54, 1.807) is 0 Å². The fourth-order valence-corrected chi connectivity index (χ4v) is 4.51. The monoisotopic (exact) mass is 417 g/mol. The van der Waals surface area contributed by atoms with Gasteiger partial charge in [-0.15, -0.1) is 0 Å². The fraction of sp³-hybridized carbons (Fsp3) is 0.172. The van der Waals surface area contributed by atoms with Crippen molar-refractivity contribution in [1.29, 1.82) is 0 Å². The van der Waals surface area contributed by atoms with E-state index in [1.165, 1.54) is 23.1 Å². The Morgan fingerprint density at radius 1 is 0.969 bits per heavy atom. The predicted octanol–water partition coefficient (Wildman–Crippen LogP) is 7.18. The van der Waals surface area contributed by atoms with Crippen LogP contribution in [0.4, 0.5) is 5.82 Å². The van der Waals surface area contributed by atoms with Crippen molar-refractivity contribution in [3.05, 3.63) is 101 Å². The highest BCUT2D eigenvalue weighted by molar-refractivity contribution is 5.90. The number of aromatic nitrogens is 2. The molecule has 1 aliphatic carbocycles. The zero-order valence-electron chi connectivity index (χ0n) is 18.3. The lowest BCUT2D eigenvalue weighted by molar-refractivity contribution is 0.640. The van der Waals surface area contributed by atoms with Gasteiger partial charge < -0.3 is 5.73 Å². The number of nitrogen functional groups attached to an aromatic ring is 1. The average molecular weight is 418 g/mol. The first kappa shape index (κ1) is 20.2. The quantitative estimate of drug-likeness (QED) is 0.358. The maximum Gasteiger partial charge on any atom is 0.131 e. The molecular formula is C29H27N3. The second-order valence-corrected chi connectivity index (χ2v) is 8.46. The molecule has 4 aromatic rings. The van der Waals surface area contributed by atoms with Gasteiger partial charge in [0.25, 0.3) is 0 Å². The zero-order chi connectivity index (χ0) is 21.9. The molecule has 0 amide bonds. The molecule has 0 fully saturated rings. The van der Waals surface area contributed by atoms with Gasteiger partial charge in [-0.1, -0.05) is 60.7 Å². The minimum Gasteiger partial charge on any atom is -0.383 e. The van der Waals surface area contributed by atoms with E-state index in [0.717, 1.165) is 40.6 Å². The summed E-state index contributed by atoms with van der Waals surface area (Å²) in [6, 6.07) is 21.1. The normalized spacial score (nSPS) is 16.1. The fourth-order valence-electron chi connectivity index (χ4n) is 4.51. The second-order valence-electron chi connectivity index (χ2n) is 8.46. The number of allylic oxidation sites excluding steroid dienone is 2. The third kappa shape index (κ3) is 4.06. The van der Waals surface area contributed by atoms with E-state index in [9.17, 15) is 0 Å². The molecule has 2 aromatic carbocycles. The van der Waals surface area contributed by atoms with Gasteiger partial charge in [0.05, 0.1) is 11.2 Å². The Balaban J connectivity index is 1.52. The first-order valence-corrected chi connectivity index (χ1v) is 11.2. The molecule has 1 atom stereocenters. The summed E-state index contributed by atoms with van der Waals surface area (Å²) in [6.07, 6.45) is 14.2. The molecule has 158 valence electrons. The standard InChI is InChI=1S/C29H27N3/c1-20-8-5-6-12-26(20)23-15-16-27-25(18-23)19-24(29(30)32-27)14-13-22-11-7-17-31-28(22)21-9-3-2-4-10-21/h3,5-9,11-19,21H,2,4,10H2,1H3,(H2,30,32). The van der Waals surface area contributed by atoms with Crippen LogP contribution in [0.1, 0.15) is 47.6 Å². The molecule has 0 aliphatic heterocycles. The van der Waals surface area contributed by atoms with Crippen molar-refractivity contribution in [2.45, 2.75) is 32.1 Å². The van der Waals surface area contributed by atoms with Crippen LogP contribution in [-0.4, -0.2) is 9.97 Å². The van der Waals surface area contributed by atoms with Crippen molar-refractivity contribution in [2.24, 2.45) is 0 Å². The van der Waals surface area contributed by atoms with E-state index in [-0.39, 0.29) is 0 Å². The highest BCUT2D eigenvalue weighted by Crippen LogP contribution is 2.31. The van der Waals surface area contributed by atoms with E-state index in [4.69, 9.17) is 10.7 Å². The summed E-state index contributed by atoms with van der Waals surface area (Å²) in [4.78, 5) is 9.35. The van der Waals surface area contributed by atoms with E-state index >= 15 is 0 Å². The van der Waals surface area contributed by atoms with E-state index in [2.05, 4.69) is 90.8 Å². The lowest BCUT2D eigenvalue weighted by Crippen LogP contribution is -2.04. The second kappa shape index (κ2) is 8.80. The number of benzene rings is 2. The number of fused-ring (bicyclic) bond motifs is 1. The Morgan fingerprint density at radius 2 is 1.84 bits per heavy atom. The summed E-state index contributed by atoms with van der Waals surface area (Å²) in [5.41, 5.74) is 14.1. The van der Waals surface area contributed by atoms with Gasteiger partial charge in [0.2, 0.25) is 0 Å². The van der Waals surface area contributed by atoms with Crippen molar-refractivity contribution < 1.29 is 0 Å². The van der Waals surface area contributed by atoms with Crippen molar-refractivity contribution in [3.63, 3.8) is 0 Å². The molecule has 0 radical (unpaired) electrons. The van der Waals surface area contributed by atoms with Crippen LogP contribution in [0.2, 0.25) is 0 Å². The number of rotatable bonds is 4. The van der Waals surface area contributed by atoms with Gasteiger partial charge in [-0.3, -0.25) is 4.98 Å². The zero-order valence-corrected chi connectivity index (χ0v) is 18.3. The van der Waals surface area contributed by atoms with Crippen LogP contribution < -0.4 is 5.73 Å². The topological polar surface area (TPSA) is 51.8 Å². The third-order valence-electron chi connectivity index (χ3n) is 6.25. The average Bonchev–Trinajstić information content (AvgIpc) is 2.83. The lowest BCUT2D eigenvalue weighted by atomic mass is 9.90. The van der Waals surface area contributed by atoms with Crippen LogP contribution in [0.3, 0.4) is 0 Å². The van der Waals surface area contributed by atoms with Crippen LogP contribution in [0.5, 0.6) is 0 Å². The highest BCUT2D eigenvalue weighted by Gasteiger charge is 2.15. The smallest absolute Gasteiger partial charge is 0.131 e. The predicted molar refractivity (Wildman–Crippen MR) is 135 cm³/mol. The van der Waals surface area contributed by atoms with Crippen molar-refractivity contribution >= 4 is 28.9 Å². The number of aryl methyl sites for hydroxylation is 1. The molecule has 2 aromatic heterocycles. The Bertz CT molecular complexity index is 1330. The van der Waals surface area contributed by atoms with Gasteiger partial charge in [0, 0.05) is 23.1 Å². The molecule has 0 saturated carbocycles. The molecule has 5 rings (SSSR count). The van der Waals surface area contributed by atoms with Crippen LogP contribution in [0.15, 0.2) is 79.0 Å². The molecule has 3 heteroatoms. The first-order chi connectivity index (χ1) is 15.7. The first-order valence-electron chi connectivity index (χ1n) is 11.2. The summed E-state index contributed by atoms with van der Waals surface area (Å²) in [7, 11) is 0. The summed E-state index contributed by atoms with van der Waals surface area (Å²) >= 11 is 0. The lowest BCUT2D eigenvalue weighted by Gasteiger charge is -2.17. The van der Waals surface area contributed by atoms with Gasteiger partial charge in [-0.2, -0.15) is 0 Å². The van der Waals surface area contributed by atoms with Crippen molar-refractivity contribution in [1.82, 2.24) is 9.97 Å². The third-order valence-corrected chi connectivity index (χ3v) is 6.25. The molecule has 3 nitrogen and oxygen atoms in total. The molecule has 0 spiro atoms. The maximum atomic E-state index is 6.32. The Hall–Kier alpha value is -3.72. The largest absolute Gasteiger partial charge is 0.383 e. The van der Waals surface area contributed by atoms with Crippen LogP contribution in [-0.2, 0) is 0 Å². The molecule has 0 saturated heterocycles. The van der Waals surface area contributed by atoms with Crippen LogP contribution >= 0.6 is 0 Å². The number of nitrogens with zero attached hydrogens (tertiary/aromatic N) is 2.